The quantitative estimate of drug-likeness (QED) is 0.882. The third-order valence-corrected chi connectivity index (χ3v) is 3.06. The number of nitrogens with zero attached hydrogens (tertiary/aromatic N) is 2. The van der Waals surface area contributed by atoms with Gasteiger partial charge in [-0.3, -0.25) is 5.32 Å². The summed E-state index contributed by atoms with van der Waals surface area (Å²) < 4.78 is 40.3. The molecular formula is C15H17F3N4O. The molecule has 1 aromatic carbocycles. The molecule has 23 heavy (non-hydrogen) atoms. The molecule has 0 saturated heterocycles. The minimum Gasteiger partial charge on any atom is -0.307 e. The second kappa shape index (κ2) is 6.72. The Morgan fingerprint density at radius 2 is 1.96 bits per heavy atom. The van der Waals surface area contributed by atoms with Gasteiger partial charge >= 0.3 is 12.2 Å². The van der Waals surface area contributed by atoms with Crippen molar-refractivity contribution in [3.05, 3.63) is 41.6 Å². The highest BCUT2D eigenvalue weighted by atomic mass is 19.4. The number of benzene rings is 1. The number of carbonyl (C=O) groups excluding carboxylic acids is 1. The third kappa shape index (κ3) is 4.24. The topological polar surface area (TPSA) is 59.0 Å². The van der Waals surface area contributed by atoms with E-state index in [-0.39, 0.29) is 5.69 Å². The van der Waals surface area contributed by atoms with E-state index in [2.05, 4.69) is 15.7 Å². The Morgan fingerprint density at radius 1 is 1.26 bits per heavy atom. The van der Waals surface area contributed by atoms with E-state index in [1.807, 2.05) is 6.92 Å². The molecule has 0 aliphatic carbocycles. The van der Waals surface area contributed by atoms with Crippen LogP contribution in [0.3, 0.4) is 0 Å². The van der Waals surface area contributed by atoms with E-state index in [1.54, 1.807) is 17.7 Å². The molecule has 0 saturated carbocycles. The summed E-state index contributed by atoms with van der Waals surface area (Å²) >= 11 is 0. The number of urea groups is 1. The first kappa shape index (κ1) is 16.9. The fourth-order valence-corrected chi connectivity index (χ4v) is 2.14. The Kier molecular flexibility index (Phi) is 4.92. The van der Waals surface area contributed by atoms with Crippen LogP contribution < -0.4 is 10.6 Å². The van der Waals surface area contributed by atoms with Gasteiger partial charge in [-0.05, 0) is 25.5 Å². The molecule has 0 aliphatic rings. The number of amides is 2. The molecule has 1 heterocycles. The number of carbonyl (C=O) groups is 1. The van der Waals surface area contributed by atoms with Crippen molar-refractivity contribution < 1.29 is 18.0 Å². The van der Waals surface area contributed by atoms with Gasteiger partial charge in [-0.1, -0.05) is 19.1 Å². The Hall–Kier alpha value is -2.51. The molecule has 0 fully saturated rings. The molecule has 1 aromatic heterocycles. The van der Waals surface area contributed by atoms with Gasteiger partial charge in [-0.25, -0.2) is 9.48 Å². The maximum absolute atomic E-state index is 12.9. The van der Waals surface area contributed by atoms with Crippen molar-refractivity contribution in [3.63, 3.8) is 0 Å². The lowest BCUT2D eigenvalue weighted by atomic mass is 10.1. The van der Waals surface area contributed by atoms with E-state index in [0.29, 0.717) is 18.1 Å². The molecule has 0 aliphatic heterocycles. The zero-order chi connectivity index (χ0) is 17.0. The Labute approximate surface area is 131 Å². The molecule has 2 amide bonds. The van der Waals surface area contributed by atoms with Crippen LogP contribution in [0.1, 0.15) is 24.6 Å². The van der Waals surface area contributed by atoms with Crippen LogP contribution in [0.2, 0.25) is 0 Å². The predicted molar refractivity (Wildman–Crippen MR) is 81.3 cm³/mol. The van der Waals surface area contributed by atoms with Crippen molar-refractivity contribution in [2.75, 3.05) is 10.6 Å². The normalized spacial score (nSPS) is 11.3. The minimum atomic E-state index is -4.54. The minimum absolute atomic E-state index is 0.296. The molecule has 2 aromatic rings. The van der Waals surface area contributed by atoms with E-state index in [4.69, 9.17) is 0 Å². The van der Waals surface area contributed by atoms with Crippen LogP contribution in [0.4, 0.5) is 29.5 Å². The number of halogens is 3. The summed E-state index contributed by atoms with van der Waals surface area (Å²) in [6, 6.07) is 5.73. The molecule has 5 nitrogen and oxygen atoms in total. The first-order chi connectivity index (χ1) is 10.8. The highest BCUT2D eigenvalue weighted by molar-refractivity contribution is 5.99. The smallest absolute Gasteiger partial charge is 0.307 e. The number of alkyl halides is 3. The fourth-order valence-electron chi connectivity index (χ4n) is 2.14. The molecule has 2 N–H and O–H groups in total. The van der Waals surface area contributed by atoms with E-state index in [1.165, 1.54) is 18.2 Å². The molecule has 8 heteroatoms. The zero-order valence-electron chi connectivity index (χ0n) is 12.7. The summed E-state index contributed by atoms with van der Waals surface area (Å²) in [6.07, 6.45) is -3.72. The lowest BCUT2D eigenvalue weighted by Crippen LogP contribution is -2.23. The van der Waals surface area contributed by atoms with Gasteiger partial charge in [0.25, 0.3) is 0 Å². The molecule has 2 rings (SSSR count). The molecule has 0 unspecified atom stereocenters. The molecule has 124 valence electrons. The third-order valence-electron chi connectivity index (χ3n) is 3.06. The Morgan fingerprint density at radius 3 is 2.61 bits per heavy atom. The van der Waals surface area contributed by atoms with E-state index in [0.717, 1.165) is 12.5 Å². The van der Waals surface area contributed by atoms with Gasteiger partial charge in [0.2, 0.25) is 0 Å². The molecule has 0 radical (unpaired) electrons. The second-order valence-electron chi connectivity index (χ2n) is 5.02. The standard InChI is InChI=1S/C15H17F3N4O/c1-3-8-22-13(9-10(2)21-22)20-14(23)19-12-7-5-4-6-11(12)15(16,17)18/h4-7,9H,3,8H2,1-2H3,(H2,19,20,23). The molecule has 0 bridgehead atoms. The maximum atomic E-state index is 12.9. The van der Waals surface area contributed by atoms with Crippen LogP contribution in [-0.2, 0) is 12.7 Å². The number of anilines is 2. The summed E-state index contributed by atoms with van der Waals surface area (Å²) in [7, 11) is 0. The second-order valence-corrected chi connectivity index (χ2v) is 5.02. The lowest BCUT2D eigenvalue weighted by Gasteiger charge is -2.14. The van der Waals surface area contributed by atoms with Crippen LogP contribution in [0.5, 0.6) is 0 Å². The van der Waals surface area contributed by atoms with Gasteiger partial charge in [0.1, 0.15) is 5.82 Å². The molecule has 0 atom stereocenters. The van der Waals surface area contributed by atoms with Crippen molar-refractivity contribution >= 4 is 17.5 Å². The van der Waals surface area contributed by atoms with Crippen molar-refractivity contribution in [2.24, 2.45) is 0 Å². The summed E-state index contributed by atoms with van der Waals surface area (Å²) in [5.74, 6) is 0.436. The molecule has 0 spiro atoms. The largest absolute Gasteiger partial charge is 0.418 e. The van der Waals surface area contributed by atoms with E-state index >= 15 is 0 Å². The summed E-state index contributed by atoms with van der Waals surface area (Å²) in [4.78, 5) is 12.0. The van der Waals surface area contributed by atoms with Gasteiger partial charge in [0.05, 0.1) is 16.9 Å². The Balaban J connectivity index is 2.15. The highest BCUT2D eigenvalue weighted by Gasteiger charge is 2.33. The summed E-state index contributed by atoms with van der Waals surface area (Å²) in [6.45, 7) is 4.33. The van der Waals surface area contributed by atoms with E-state index < -0.39 is 17.8 Å². The number of para-hydroxylation sites is 1. The van der Waals surface area contributed by atoms with Gasteiger partial charge < -0.3 is 5.32 Å². The average molecular weight is 326 g/mol. The van der Waals surface area contributed by atoms with Crippen LogP contribution in [0.15, 0.2) is 30.3 Å². The van der Waals surface area contributed by atoms with Crippen molar-refractivity contribution in [3.8, 4) is 0 Å². The highest BCUT2D eigenvalue weighted by Crippen LogP contribution is 2.34. The van der Waals surface area contributed by atoms with Crippen LogP contribution in [0, 0.1) is 6.92 Å². The maximum Gasteiger partial charge on any atom is 0.418 e. The lowest BCUT2D eigenvalue weighted by molar-refractivity contribution is -0.136. The van der Waals surface area contributed by atoms with Gasteiger partial charge in [0.15, 0.2) is 0 Å². The predicted octanol–water partition coefficient (Wildman–Crippen LogP) is 4.26. The number of hydrogen-bond acceptors (Lipinski definition) is 2. The number of aromatic nitrogens is 2. The fraction of sp³-hybridized carbons (Fsp3) is 0.333. The summed E-state index contributed by atoms with van der Waals surface area (Å²) in [5.41, 5.74) is -0.478. The monoisotopic (exact) mass is 326 g/mol. The molecular weight excluding hydrogens is 309 g/mol. The van der Waals surface area contributed by atoms with Gasteiger partial charge in [-0.15, -0.1) is 0 Å². The van der Waals surface area contributed by atoms with Crippen molar-refractivity contribution in [1.82, 2.24) is 9.78 Å². The van der Waals surface area contributed by atoms with Gasteiger partial charge in [0, 0.05) is 12.6 Å². The van der Waals surface area contributed by atoms with E-state index in [9.17, 15) is 18.0 Å². The first-order valence-corrected chi connectivity index (χ1v) is 7.10. The zero-order valence-corrected chi connectivity index (χ0v) is 12.7. The number of nitrogens with one attached hydrogen (secondary N) is 2. The Bertz CT molecular complexity index is 694. The average Bonchev–Trinajstić information content (AvgIpc) is 2.78. The number of hydrogen-bond donors (Lipinski definition) is 2. The number of rotatable bonds is 4. The van der Waals surface area contributed by atoms with Gasteiger partial charge in [-0.2, -0.15) is 18.3 Å². The van der Waals surface area contributed by atoms with Crippen LogP contribution >= 0.6 is 0 Å². The number of aryl methyl sites for hydroxylation is 2. The SMILES string of the molecule is CCCn1nc(C)cc1NC(=O)Nc1ccccc1C(F)(F)F. The van der Waals surface area contributed by atoms with Crippen LogP contribution in [-0.4, -0.2) is 15.8 Å². The van der Waals surface area contributed by atoms with Crippen LogP contribution in [0.25, 0.3) is 0 Å². The summed E-state index contributed by atoms with van der Waals surface area (Å²) in [5, 5.41) is 8.97. The van der Waals surface area contributed by atoms with Crippen molar-refractivity contribution in [2.45, 2.75) is 33.0 Å². The van der Waals surface area contributed by atoms with Crippen molar-refractivity contribution in [1.29, 1.82) is 0 Å². The first-order valence-electron chi connectivity index (χ1n) is 7.10.